The summed E-state index contributed by atoms with van der Waals surface area (Å²) in [4.78, 5) is 4.79. The Morgan fingerprint density at radius 3 is 2.32 bits per heavy atom. The second-order valence-corrected chi connectivity index (χ2v) is 7.48. The SMILES string of the molecule is CCN1C=CN(c2c(C)ccc3c2c2ccccc2n3-c2ccccc2)[C@H]1C. The van der Waals surface area contributed by atoms with Crippen molar-refractivity contribution in [2.45, 2.75) is 26.9 Å². The van der Waals surface area contributed by atoms with Crippen LogP contribution in [0.4, 0.5) is 5.69 Å². The maximum atomic E-state index is 2.42. The predicted molar refractivity (Wildman–Crippen MR) is 119 cm³/mol. The van der Waals surface area contributed by atoms with Crippen LogP contribution in [-0.4, -0.2) is 22.2 Å². The van der Waals surface area contributed by atoms with Gasteiger partial charge in [0.2, 0.25) is 0 Å². The topological polar surface area (TPSA) is 11.4 Å². The van der Waals surface area contributed by atoms with E-state index in [-0.39, 0.29) is 0 Å². The molecule has 5 rings (SSSR count). The summed E-state index contributed by atoms with van der Waals surface area (Å²) in [5, 5.41) is 2.63. The van der Waals surface area contributed by atoms with E-state index < -0.39 is 0 Å². The van der Waals surface area contributed by atoms with Crippen LogP contribution in [0.1, 0.15) is 19.4 Å². The predicted octanol–water partition coefficient (Wildman–Crippen LogP) is 6.05. The van der Waals surface area contributed by atoms with Crippen LogP contribution in [-0.2, 0) is 0 Å². The van der Waals surface area contributed by atoms with Gasteiger partial charge in [-0.1, -0.05) is 42.5 Å². The number of hydrogen-bond acceptors (Lipinski definition) is 2. The van der Waals surface area contributed by atoms with Crippen molar-refractivity contribution in [3.8, 4) is 5.69 Å². The Kier molecular flexibility index (Phi) is 3.90. The first-order chi connectivity index (χ1) is 13.7. The van der Waals surface area contributed by atoms with Crippen molar-refractivity contribution in [2.75, 3.05) is 11.4 Å². The molecular weight excluding hydrogens is 342 g/mol. The first-order valence-electron chi connectivity index (χ1n) is 10.0. The van der Waals surface area contributed by atoms with Crippen LogP contribution in [0.3, 0.4) is 0 Å². The van der Waals surface area contributed by atoms with Gasteiger partial charge in [-0.3, -0.25) is 0 Å². The van der Waals surface area contributed by atoms with Gasteiger partial charge >= 0.3 is 0 Å². The van der Waals surface area contributed by atoms with Crippen LogP contribution in [0.15, 0.2) is 79.1 Å². The molecule has 1 aliphatic heterocycles. The Morgan fingerprint density at radius 2 is 1.57 bits per heavy atom. The average Bonchev–Trinajstić information content (AvgIpc) is 3.26. The molecule has 28 heavy (non-hydrogen) atoms. The van der Waals surface area contributed by atoms with Crippen molar-refractivity contribution in [1.82, 2.24) is 9.47 Å². The number of nitrogens with zero attached hydrogens (tertiary/aromatic N) is 3. The summed E-state index contributed by atoms with van der Waals surface area (Å²) in [5.41, 5.74) is 6.31. The van der Waals surface area contributed by atoms with Crippen LogP contribution in [0.5, 0.6) is 0 Å². The van der Waals surface area contributed by atoms with Gasteiger partial charge < -0.3 is 14.4 Å². The zero-order valence-electron chi connectivity index (χ0n) is 16.6. The zero-order valence-corrected chi connectivity index (χ0v) is 16.6. The van der Waals surface area contributed by atoms with Gasteiger partial charge in [-0.2, -0.15) is 0 Å². The first-order valence-corrected chi connectivity index (χ1v) is 10.0. The molecule has 0 fully saturated rings. The van der Waals surface area contributed by atoms with Gasteiger partial charge in [0.25, 0.3) is 0 Å². The fraction of sp³-hybridized carbons (Fsp3) is 0.200. The highest BCUT2D eigenvalue weighted by molar-refractivity contribution is 6.16. The number of hydrogen-bond donors (Lipinski definition) is 0. The van der Waals surface area contributed by atoms with Crippen molar-refractivity contribution in [3.05, 3.63) is 84.7 Å². The molecule has 3 heteroatoms. The average molecular weight is 367 g/mol. The van der Waals surface area contributed by atoms with Crippen LogP contribution in [0.2, 0.25) is 0 Å². The maximum absolute atomic E-state index is 2.42. The zero-order chi connectivity index (χ0) is 19.3. The molecule has 140 valence electrons. The number of rotatable bonds is 3. The van der Waals surface area contributed by atoms with Crippen molar-refractivity contribution < 1.29 is 0 Å². The molecule has 0 radical (unpaired) electrons. The molecule has 0 bridgehead atoms. The Morgan fingerprint density at radius 1 is 0.821 bits per heavy atom. The van der Waals surface area contributed by atoms with Crippen molar-refractivity contribution >= 4 is 27.5 Å². The van der Waals surface area contributed by atoms with Gasteiger partial charge in [0.05, 0.1) is 16.7 Å². The fourth-order valence-electron chi connectivity index (χ4n) is 4.53. The molecule has 0 N–H and O–H groups in total. The third-order valence-corrected chi connectivity index (χ3v) is 5.95. The summed E-state index contributed by atoms with van der Waals surface area (Å²) >= 11 is 0. The molecule has 0 unspecified atom stereocenters. The molecule has 1 atom stereocenters. The molecule has 2 heterocycles. The smallest absolute Gasteiger partial charge is 0.102 e. The summed E-state index contributed by atoms with van der Waals surface area (Å²) in [5.74, 6) is 0. The Hall–Kier alpha value is -3.20. The van der Waals surface area contributed by atoms with Crippen molar-refractivity contribution in [3.63, 3.8) is 0 Å². The number of aromatic nitrogens is 1. The molecule has 3 aromatic carbocycles. The number of benzene rings is 3. The molecule has 4 aromatic rings. The molecule has 1 aromatic heterocycles. The molecule has 0 spiro atoms. The monoisotopic (exact) mass is 367 g/mol. The number of fused-ring (bicyclic) bond motifs is 3. The van der Waals surface area contributed by atoms with E-state index in [1.165, 1.54) is 38.7 Å². The van der Waals surface area contributed by atoms with E-state index in [4.69, 9.17) is 0 Å². The van der Waals surface area contributed by atoms with Gasteiger partial charge in [0.1, 0.15) is 6.17 Å². The summed E-state index contributed by atoms with van der Waals surface area (Å²) in [6.07, 6.45) is 4.75. The minimum absolute atomic E-state index is 0.313. The summed E-state index contributed by atoms with van der Waals surface area (Å²) < 4.78 is 2.38. The van der Waals surface area contributed by atoms with Crippen LogP contribution < -0.4 is 4.90 Å². The minimum Gasteiger partial charge on any atom is -0.356 e. The van der Waals surface area contributed by atoms with Gasteiger partial charge in [-0.15, -0.1) is 0 Å². The summed E-state index contributed by atoms with van der Waals surface area (Å²) in [6, 6.07) is 23.9. The van der Waals surface area contributed by atoms with E-state index in [1.807, 2.05) is 0 Å². The molecule has 0 saturated heterocycles. The number of aryl methyl sites for hydroxylation is 1. The van der Waals surface area contributed by atoms with Gasteiger partial charge in [-0.05, 0) is 50.6 Å². The lowest BCUT2D eigenvalue weighted by atomic mass is 10.1. The van der Waals surface area contributed by atoms with Gasteiger partial charge in [0.15, 0.2) is 0 Å². The molecule has 0 saturated carbocycles. The third-order valence-electron chi connectivity index (χ3n) is 5.95. The van der Waals surface area contributed by atoms with Gasteiger partial charge in [-0.25, -0.2) is 0 Å². The van der Waals surface area contributed by atoms with Crippen molar-refractivity contribution in [2.24, 2.45) is 0 Å². The van der Waals surface area contributed by atoms with E-state index in [0.717, 1.165) is 6.54 Å². The van der Waals surface area contributed by atoms with E-state index >= 15 is 0 Å². The Balaban J connectivity index is 1.87. The lowest BCUT2D eigenvalue weighted by Crippen LogP contribution is -2.36. The van der Waals surface area contributed by atoms with E-state index in [9.17, 15) is 0 Å². The highest BCUT2D eigenvalue weighted by Crippen LogP contribution is 2.41. The van der Waals surface area contributed by atoms with E-state index in [1.54, 1.807) is 0 Å². The second-order valence-electron chi connectivity index (χ2n) is 7.48. The molecular formula is C25H25N3. The summed E-state index contributed by atoms with van der Waals surface area (Å²) in [7, 11) is 0. The number of para-hydroxylation sites is 2. The molecule has 1 aliphatic rings. The summed E-state index contributed by atoms with van der Waals surface area (Å²) in [6.45, 7) is 7.71. The number of anilines is 1. The van der Waals surface area contributed by atoms with E-state index in [0.29, 0.717) is 6.17 Å². The van der Waals surface area contributed by atoms with E-state index in [2.05, 4.69) is 114 Å². The van der Waals surface area contributed by atoms with Crippen LogP contribution in [0, 0.1) is 6.92 Å². The molecule has 0 aliphatic carbocycles. The molecule has 0 amide bonds. The highest BCUT2D eigenvalue weighted by atomic mass is 15.4. The standard InChI is InChI=1S/C25H25N3/c1-4-26-16-17-27(19(26)3)25-18(2)14-15-23-24(25)21-12-8-9-13-22(21)28(23)20-10-6-5-7-11-20/h5-17,19H,4H2,1-3H3/t19-/m0/s1. The molecule has 3 nitrogen and oxygen atoms in total. The second kappa shape index (κ2) is 6.45. The van der Waals surface area contributed by atoms with Crippen molar-refractivity contribution in [1.29, 1.82) is 0 Å². The normalized spacial score (nSPS) is 16.6. The minimum atomic E-state index is 0.313. The maximum Gasteiger partial charge on any atom is 0.102 e. The van der Waals surface area contributed by atoms with Gasteiger partial charge in [0, 0.05) is 35.4 Å². The quantitative estimate of drug-likeness (QED) is 0.436. The third kappa shape index (κ3) is 2.36. The highest BCUT2D eigenvalue weighted by Gasteiger charge is 2.26. The Labute approximate surface area is 166 Å². The Bertz CT molecular complexity index is 1190. The lowest BCUT2D eigenvalue weighted by Gasteiger charge is -2.30. The van der Waals surface area contributed by atoms with Crippen LogP contribution >= 0.6 is 0 Å². The largest absolute Gasteiger partial charge is 0.356 e. The van der Waals surface area contributed by atoms with Crippen LogP contribution in [0.25, 0.3) is 27.5 Å². The first kappa shape index (κ1) is 16.9. The fourth-order valence-corrected chi connectivity index (χ4v) is 4.53. The lowest BCUT2D eigenvalue weighted by molar-refractivity contribution is 0.335.